The van der Waals surface area contributed by atoms with E-state index in [0.29, 0.717) is 6.54 Å². The van der Waals surface area contributed by atoms with Gasteiger partial charge in [-0.2, -0.15) is 5.10 Å². The number of aromatic carboxylic acids is 1. The Morgan fingerprint density at radius 3 is 2.76 bits per heavy atom. The van der Waals surface area contributed by atoms with Gasteiger partial charge in [0.15, 0.2) is 0 Å². The Morgan fingerprint density at radius 2 is 2.00 bits per heavy atom. The number of carboxylic acid groups (broad SMARTS) is 1. The maximum absolute atomic E-state index is 11.1. The number of aromatic nitrogens is 1. The number of nitrogens with one attached hydrogen (secondary N) is 1. The second-order valence-electron chi connectivity index (χ2n) is 5.66. The van der Waals surface area contributed by atoms with Gasteiger partial charge in [0.1, 0.15) is 0 Å². The fourth-order valence-electron chi connectivity index (χ4n) is 2.70. The third kappa shape index (κ3) is 3.74. The Hall–Kier alpha value is -3.41. The number of hydrogen-bond acceptors (Lipinski definition) is 3. The lowest BCUT2D eigenvalue weighted by atomic mass is 10.1. The van der Waals surface area contributed by atoms with Crippen LogP contribution in [0.2, 0.25) is 0 Å². The molecular weight excluding hydrogens is 318 g/mol. The predicted molar refractivity (Wildman–Crippen MR) is 95.9 cm³/mol. The number of benzene rings is 2. The average Bonchev–Trinajstić information content (AvgIpc) is 2.93. The summed E-state index contributed by atoms with van der Waals surface area (Å²) in [6.45, 7) is 1.94. The largest absolute Gasteiger partial charge is 0.478 e. The molecule has 0 unspecified atom stereocenters. The lowest BCUT2D eigenvalue weighted by Crippen LogP contribution is -2.12. The minimum Gasteiger partial charge on any atom is -0.478 e. The fraction of sp³-hybridized carbons (Fsp3) is 0.105. The fourth-order valence-corrected chi connectivity index (χ4v) is 2.70. The molecule has 0 radical (unpaired) electrons. The minimum absolute atomic E-state index is 0.231. The highest BCUT2D eigenvalue weighted by Crippen LogP contribution is 2.21. The molecule has 1 heterocycles. The van der Waals surface area contributed by atoms with Crippen molar-refractivity contribution in [2.24, 2.45) is 5.10 Å². The standard InChI is InChI=1S/C19H17N3O3/c1-13(23)21-20-10-16-12-22(18-8-3-2-7-17(16)18)11-14-5-4-6-15(9-14)19(24)25/h2-10,12H,11H2,1H3,(H,21,23)(H,24,25)/b20-10-. The molecule has 3 rings (SSSR count). The molecule has 0 bridgehead atoms. The van der Waals surface area contributed by atoms with Crippen molar-refractivity contribution in [3.8, 4) is 0 Å². The number of hydrazone groups is 1. The number of nitrogens with zero attached hydrogens (tertiary/aromatic N) is 2. The van der Waals surface area contributed by atoms with E-state index >= 15 is 0 Å². The molecule has 0 aliphatic heterocycles. The summed E-state index contributed by atoms with van der Waals surface area (Å²) in [5.74, 6) is -1.17. The first-order valence-corrected chi connectivity index (χ1v) is 7.74. The zero-order valence-corrected chi connectivity index (χ0v) is 13.6. The predicted octanol–water partition coefficient (Wildman–Crippen LogP) is 2.86. The highest BCUT2D eigenvalue weighted by molar-refractivity contribution is 5.99. The van der Waals surface area contributed by atoms with Crippen molar-refractivity contribution in [2.75, 3.05) is 0 Å². The van der Waals surface area contributed by atoms with E-state index in [-0.39, 0.29) is 11.5 Å². The number of para-hydroxylation sites is 1. The summed E-state index contributed by atoms with van der Waals surface area (Å²) >= 11 is 0. The number of rotatable bonds is 5. The Balaban J connectivity index is 1.96. The molecule has 3 aromatic rings. The molecule has 0 fully saturated rings. The summed E-state index contributed by atoms with van der Waals surface area (Å²) in [7, 11) is 0. The van der Waals surface area contributed by atoms with Crippen molar-refractivity contribution in [3.05, 3.63) is 71.4 Å². The smallest absolute Gasteiger partial charge is 0.335 e. The van der Waals surface area contributed by atoms with Gasteiger partial charge in [0.2, 0.25) is 5.91 Å². The number of carbonyl (C=O) groups excluding carboxylic acids is 1. The third-order valence-electron chi connectivity index (χ3n) is 3.77. The quantitative estimate of drug-likeness (QED) is 0.555. The van der Waals surface area contributed by atoms with Crippen LogP contribution in [0.5, 0.6) is 0 Å². The summed E-state index contributed by atoms with van der Waals surface area (Å²) in [5, 5.41) is 14.1. The molecular formula is C19H17N3O3. The molecule has 25 heavy (non-hydrogen) atoms. The van der Waals surface area contributed by atoms with Gasteiger partial charge in [-0.25, -0.2) is 10.2 Å². The van der Waals surface area contributed by atoms with Crippen LogP contribution in [0, 0.1) is 0 Å². The van der Waals surface area contributed by atoms with E-state index < -0.39 is 5.97 Å². The zero-order valence-electron chi connectivity index (χ0n) is 13.6. The third-order valence-corrected chi connectivity index (χ3v) is 3.77. The molecule has 2 N–H and O–H groups in total. The molecule has 6 nitrogen and oxygen atoms in total. The van der Waals surface area contributed by atoms with Crippen molar-refractivity contribution in [1.29, 1.82) is 0 Å². The normalized spacial score (nSPS) is 11.1. The van der Waals surface area contributed by atoms with Crippen molar-refractivity contribution in [3.63, 3.8) is 0 Å². The summed E-state index contributed by atoms with van der Waals surface area (Å²) in [4.78, 5) is 22.1. The molecule has 1 amide bonds. The molecule has 0 atom stereocenters. The molecule has 0 saturated carbocycles. The lowest BCUT2D eigenvalue weighted by molar-refractivity contribution is -0.118. The van der Waals surface area contributed by atoms with Crippen molar-refractivity contribution >= 4 is 29.0 Å². The van der Waals surface area contributed by atoms with E-state index in [1.807, 2.05) is 41.1 Å². The lowest BCUT2D eigenvalue weighted by Gasteiger charge is -2.06. The van der Waals surface area contributed by atoms with E-state index in [1.54, 1.807) is 24.4 Å². The van der Waals surface area contributed by atoms with Crippen molar-refractivity contribution in [2.45, 2.75) is 13.5 Å². The van der Waals surface area contributed by atoms with Gasteiger partial charge in [-0.15, -0.1) is 0 Å². The number of amides is 1. The van der Waals surface area contributed by atoms with Crippen LogP contribution in [0.25, 0.3) is 10.9 Å². The highest BCUT2D eigenvalue weighted by atomic mass is 16.4. The van der Waals surface area contributed by atoms with Crippen LogP contribution in [0.1, 0.15) is 28.4 Å². The molecule has 0 spiro atoms. The topological polar surface area (TPSA) is 83.7 Å². The van der Waals surface area contributed by atoms with Gasteiger partial charge in [0.25, 0.3) is 0 Å². The van der Waals surface area contributed by atoms with Gasteiger partial charge < -0.3 is 9.67 Å². The van der Waals surface area contributed by atoms with E-state index in [0.717, 1.165) is 22.0 Å². The van der Waals surface area contributed by atoms with Crippen LogP contribution in [0.4, 0.5) is 0 Å². The molecule has 2 aromatic carbocycles. The highest BCUT2D eigenvalue weighted by Gasteiger charge is 2.09. The van der Waals surface area contributed by atoms with Crippen LogP contribution in [0.15, 0.2) is 59.8 Å². The summed E-state index contributed by atoms with van der Waals surface area (Å²) in [5.41, 5.74) is 5.43. The van der Waals surface area contributed by atoms with Crippen LogP contribution in [-0.2, 0) is 11.3 Å². The first-order chi connectivity index (χ1) is 12.0. The Bertz CT molecular complexity index is 973. The van der Waals surface area contributed by atoms with E-state index in [1.165, 1.54) is 6.92 Å². The van der Waals surface area contributed by atoms with Crippen LogP contribution in [-0.4, -0.2) is 27.8 Å². The molecule has 6 heteroatoms. The number of hydrogen-bond donors (Lipinski definition) is 2. The van der Waals surface area contributed by atoms with Gasteiger partial charge >= 0.3 is 5.97 Å². The Labute approximate surface area is 144 Å². The molecule has 0 saturated heterocycles. The Kier molecular flexibility index (Phi) is 4.61. The number of carboxylic acids is 1. The van der Waals surface area contributed by atoms with Crippen LogP contribution in [0.3, 0.4) is 0 Å². The number of carbonyl (C=O) groups is 2. The van der Waals surface area contributed by atoms with Crippen LogP contribution >= 0.6 is 0 Å². The van der Waals surface area contributed by atoms with Gasteiger partial charge in [0, 0.05) is 36.1 Å². The van der Waals surface area contributed by atoms with Crippen LogP contribution < -0.4 is 5.43 Å². The SMILES string of the molecule is CC(=O)N/N=C\c1cn(Cc2cccc(C(=O)O)c2)c2ccccc12. The average molecular weight is 335 g/mol. The Morgan fingerprint density at radius 1 is 1.20 bits per heavy atom. The maximum Gasteiger partial charge on any atom is 0.335 e. The summed E-state index contributed by atoms with van der Waals surface area (Å²) in [6.07, 6.45) is 3.54. The van der Waals surface area contributed by atoms with Gasteiger partial charge in [-0.1, -0.05) is 30.3 Å². The molecule has 126 valence electrons. The van der Waals surface area contributed by atoms with Gasteiger partial charge in [0.05, 0.1) is 11.8 Å². The van der Waals surface area contributed by atoms with E-state index in [9.17, 15) is 9.59 Å². The monoisotopic (exact) mass is 335 g/mol. The van der Waals surface area contributed by atoms with Gasteiger partial charge in [-0.05, 0) is 23.8 Å². The molecule has 0 aliphatic rings. The van der Waals surface area contributed by atoms with E-state index in [4.69, 9.17) is 5.11 Å². The van der Waals surface area contributed by atoms with Crippen molar-refractivity contribution in [1.82, 2.24) is 9.99 Å². The minimum atomic E-state index is -0.942. The maximum atomic E-state index is 11.1. The van der Waals surface area contributed by atoms with Crippen molar-refractivity contribution < 1.29 is 14.7 Å². The number of fused-ring (bicyclic) bond motifs is 1. The molecule has 1 aromatic heterocycles. The first kappa shape index (κ1) is 16.4. The zero-order chi connectivity index (χ0) is 17.8. The second-order valence-corrected chi connectivity index (χ2v) is 5.66. The first-order valence-electron chi connectivity index (χ1n) is 7.74. The summed E-state index contributed by atoms with van der Waals surface area (Å²) < 4.78 is 2.03. The summed E-state index contributed by atoms with van der Waals surface area (Å²) in [6, 6.07) is 14.7. The molecule has 0 aliphatic carbocycles. The second kappa shape index (κ2) is 7.00. The van der Waals surface area contributed by atoms with Gasteiger partial charge in [-0.3, -0.25) is 4.79 Å². The van der Waals surface area contributed by atoms with E-state index in [2.05, 4.69) is 10.5 Å².